The van der Waals surface area contributed by atoms with E-state index >= 15 is 0 Å². The van der Waals surface area contributed by atoms with Gasteiger partial charge in [0.1, 0.15) is 0 Å². The zero-order chi connectivity index (χ0) is 9.78. The number of rotatable bonds is 5. The smallest absolute Gasteiger partial charge is 0.372 e. The maximum absolute atomic E-state index is 10.7. The Bertz CT molecular complexity index is 234. The van der Waals surface area contributed by atoms with E-state index < -0.39 is 31.9 Å². The van der Waals surface area contributed by atoms with Crippen LogP contribution in [0.25, 0.3) is 0 Å². The van der Waals surface area contributed by atoms with Gasteiger partial charge in [-0.15, -0.1) is 0 Å². The number of aliphatic carboxylic acids is 1. The van der Waals surface area contributed by atoms with Crippen LogP contribution in [0.4, 0.5) is 0 Å². The fraction of sp³-hybridized carbons (Fsp3) is 0.600. The molecule has 0 aliphatic carbocycles. The molecule has 7 heteroatoms. The molecule has 0 saturated heterocycles. The minimum absolute atomic E-state index is 0.464. The van der Waals surface area contributed by atoms with Crippen molar-refractivity contribution in [3.63, 3.8) is 0 Å². The van der Waals surface area contributed by atoms with E-state index in [1.165, 1.54) is 0 Å². The highest BCUT2D eigenvalue weighted by Gasteiger charge is 2.21. The molecule has 70 valence electrons. The summed E-state index contributed by atoms with van der Waals surface area (Å²) < 4.78 is 14.8. The molecule has 0 aromatic rings. The fourth-order valence-corrected chi connectivity index (χ4v) is 1.11. The monoisotopic (exact) mass is 196 g/mol. The second-order valence-corrected chi connectivity index (χ2v) is 4.11. The predicted octanol–water partition coefficient (Wildman–Crippen LogP) is -0.138. The summed E-state index contributed by atoms with van der Waals surface area (Å²) in [5.41, 5.74) is 0. The number of ketones is 1. The third kappa shape index (κ3) is 4.23. The van der Waals surface area contributed by atoms with Gasteiger partial charge in [0.2, 0.25) is 5.78 Å². The number of carbonyl (C=O) groups excluding carboxylic acids is 1. The summed E-state index contributed by atoms with van der Waals surface area (Å²) in [6.07, 6.45) is -0.953. The molecule has 0 aromatic carbocycles. The van der Waals surface area contributed by atoms with Gasteiger partial charge in [-0.2, -0.15) is 0 Å². The van der Waals surface area contributed by atoms with Crippen LogP contribution in [0.2, 0.25) is 0 Å². The summed E-state index contributed by atoms with van der Waals surface area (Å²) in [5, 5.41) is 8.09. The molecule has 0 aliphatic heterocycles. The lowest BCUT2D eigenvalue weighted by atomic mass is 10.3. The van der Waals surface area contributed by atoms with Crippen LogP contribution in [-0.2, 0) is 18.7 Å². The molecule has 1 unspecified atom stereocenters. The first-order chi connectivity index (χ1) is 5.39. The van der Waals surface area contributed by atoms with Gasteiger partial charge in [0, 0.05) is 13.5 Å². The SMILES string of the molecule is COP(=O)(O)CCC(=O)C(=O)O. The van der Waals surface area contributed by atoms with E-state index in [2.05, 4.69) is 4.52 Å². The van der Waals surface area contributed by atoms with E-state index in [1.807, 2.05) is 0 Å². The molecule has 1 atom stereocenters. The minimum Gasteiger partial charge on any atom is -0.476 e. The van der Waals surface area contributed by atoms with Gasteiger partial charge < -0.3 is 14.5 Å². The standard InChI is InChI=1S/C5H9O6P/c1-11-12(9,10)3-2-4(6)5(7)8/h2-3H2,1H3,(H,7,8)(H,9,10). The molecule has 2 N–H and O–H groups in total. The third-order valence-electron chi connectivity index (χ3n) is 1.15. The Morgan fingerprint density at radius 2 is 2.00 bits per heavy atom. The van der Waals surface area contributed by atoms with E-state index in [9.17, 15) is 14.2 Å². The van der Waals surface area contributed by atoms with Crippen LogP contribution >= 0.6 is 7.60 Å². The molecule has 0 saturated carbocycles. The zero-order valence-corrected chi connectivity index (χ0v) is 7.28. The first kappa shape index (κ1) is 11.3. The molecule has 6 nitrogen and oxygen atoms in total. The lowest BCUT2D eigenvalue weighted by molar-refractivity contribution is -0.148. The van der Waals surface area contributed by atoms with Gasteiger partial charge in [-0.3, -0.25) is 9.36 Å². The summed E-state index contributed by atoms with van der Waals surface area (Å²) in [7, 11) is -2.73. The van der Waals surface area contributed by atoms with Crippen molar-refractivity contribution in [3.8, 4) is 0 Å². The first-order valence-corrected chi connectivity index (χ1v) is 4.79. The Labute approximate surface area is 68.7 Å². The second kappa shape index (κ2) is 4.35. The molecular weight excluding hydrogens is 187 g/mol. The van der Waals surface area contributed by atoms with Gasteiger partial charge in [0.15, 0.2) is 0 Å². The Balaban J connectivity index is 3.92. The van der Waals surface area contributed by atoms with Gasteiger partial charge in [-0.05, 0) is 0 Å². The minimum atomic E-state index is -3.75. The Kier molecular flexibility index (Phi) is 4.09. The number of carboxylic acid groups (broad SMARTS) is 1. The van der Waals surface area contributed by atoms with Crippen molar-refractivity contribution in [2.45, 2.75) is 6.42 Å². The van der Waals surface area contributed by atoms with Crippen molar-refractivity contribution in [1.82, 2.24) is 0 Å². The topological polar surface area (TPSA) is 101 Å². The third-order valence-corrected chi connectivity index (χ3v) is 2.50. The Morgan fingerprint density at radius 1 is 1.50 bits per heavy atom. The van der Waals surface area contributed by atoms with E-state index in [1.54, 1.807) is 0 Å². The quantitative estimate of drug-likeness (QED) is 0.468. The molecular formula is C5H9O6P. The van der Waals surface area contributed by atoms with E-state index in [0.717, 1.165) is 7.11 Å². The van der Waals surface area contributed by atoms with Gasteiger partial charge in [0.05, 0.1) is 6.16 Å². The average Bonchev–Trinajstić information content (AvgIpc) is 2.00. The molecule has 0 aromatic heterocycles. The average molecular weight is 196 g/mol. The maximum Gasteiger partial charge on any atom is 0.372 e. The maximum atomic E-state index is 10.7. The summed E-state index contributed by atoms with van der Waals surface area (Å²) in [6, 6.07) is 0. The highest BCUT2D eigenvalue weighted by atomic mass is 31.2. The van der Waals surface area contributed by atoms with E-state index in [-0.39, 0.29) is 0 Å². The number of hydrogen-bond donors (Lipinski definition) is 2. The van der Waals surface area contributed by atoms with E-state index in [0.29, 0.717) is 0 Å². The van der Waals surface area contributed by atoms with Crippen molar-refractivity contribution in [2.24, 2.45) is 0 Å². The molecule has 0 radical (unpaired) electrons. The summed E-state index contributed by atoms with van der Waals surface area (Å²) in [4.78, 5) is 29.1. The van der Waals surface area contributed by atoms with Crippen molar-refractivity contribution in [2.75, 3.05) is 13.3 Å². The highest BCUT2D eigenvalue weighted by Crippen LogP contribution is 2.40. The van der Waals surface area contributed by atoms with Gasteiger partial charge in [-0.25, -0.2) is 4.79 Å². The molecule has 0 aliphatic rings. The van der Waals surface area contributed by atoms with E-state index in [4.69, 9.17) is 10.00 Å². The number of Topliss-reactive ketones (excluding diaryl/α,β-unsaturated/α-hetero) is 1. The summed E-state index contributed by atoms with van der Waals surface area (Å²) in [6.45, 7) is 0. The Morgan fingerprint density at radius 3 is 2.33 bits per heavy atom. The predicted molar refractivity (Wildman–Crippen MR) is 39.0 cm³/mol. The Hall–Kier alpha value is -0.710. The van der Waals surface area contributed by atoms with Gasteiger partial charge in [0.25, 0.3) is 0 Å². The summed E-state index contributed by atoms with van der Waals surface area (Å²) in [5.74, 6) is -2.70. The van der Waals surface area contributed by atoms with Crippen LogP contribution in [0.1, 0.15) is 6.42 Å². The molecule has 12 heavy (non-hydrogen) atoms. The van der Waals surface area contributed by atoms with Crippen molar-refractivity contribution in [1.29, 1.82) is 0 Å². The lowest BCUT2D eigenvalue weighted by Gasteiger charge is -2.05. The summed E-state index contributed by atoms with van der Waals surface area (Å²) >= 11 is 0. The van der Waals surface area contributed by atoms with Crippen molar-refractivity contribution >= 4 is 19.3 Å². The number of hydrogen-bond acceptors (Lipinski definition) is 4. The first-order valence-electron chi connectivity index (χ1n) is 3.03. The van der Waals surface area contributed by atoms with Crippen molar-refractivity contribution < 1.29 is 28.7 Å². The normalized spacial score (nSPS) is 15.2. The molecule has 0 bridgehead atoms. The molecule has 0 rings (SSSR count). The van der Waals surface area contributed by atoms with Crippen LogP contribution in [0.3, 0.4) is 0 Å². The van der Waals surface area contributed by atoms with Crippen molar-refractivity contribution in [3.05, 3.63) is 0 Å². The number of carboxylic acids is 1. The van der Waals surface area contributed by atoms with Crippen LogP contribution in [0.15, 0.2) is 0 Å². The second-order valence-electron chi connectivity index (χ2n) is 2.02. The van der Waals surface area contributed by atoms with Gasteiger partial charge in [-0.1, -0.05) is 0 Å². The zero-order valence-electron chi connectivity index (χ0n) is 6.39. The van der Waals surface area contributed by atoms with Gasteiger partial charge >= 0.3 is 13.6 Å². The lowest BCUT2D eigenvalue weighted by Crippen LogP contribution is -2.13. The number of carbonyl (C=O) groups is 2. The van der Waals surface area contributed by atoms with Crippen LogP contribution < -0.4 is 0 Å². The largest absolute Gasteiger partial charge is 0.476 e. The van der Waals surface area contributed by atoms with Crippen LogP contribution in [-0.4, -0.2) is 35.0 Å². The van der Waals surface area contributed by atoms with Crippen LogP contribution in [0.5, 0.6) is 0 Å². The molecule has 0 heterocycles. The highest BCUT2D eigenvalue weighted by molar-refractivity contribution is 7.52. The van der Waals surface area contributed by atoms with Crippen LogP contribution in [0, 0.1) is 0 Å². The molecule has 0 spiro atoms. The fourth-order valence-electron chi connectivity index (χ4n) is 0.441. The molecule has 0 fully saturated rings. The molecule has 0 amide bonds.